The van der Waals surface area contributed by atoms with E-state index in [9.17, 15) is 0 Å². The van der Waals surface area contributed by atoms with E-state index in [-0.39, 0.29) is 0 Å². The number of ether oxygens (including phenoxy) is 2. The van der Waals surface area contributed by atoms with E-state index in [1.807, 2.05) is 0 Å². The predicted molar refractivity (Wildman–Crippen MR) is 46.8 cm³/mol. The fourth-order valence-corrected chi connectivity index (χ4v) is 1.60. The van der Waals surface area contributed by atoms with Gasteiger partial charge in [0.1, 0.15) is 6.79 Å². The second-order valence-corrected chi connectivity index (χ2v) is 3.27. The molecule has 0 bridgehead atoms. The lowest BCUT2D eigenvalue weighted by atomic mass is 10.00. The summed E-state index contributed by atoms with van der Waals surface area (Å²) in [5.74, 6) is 0. The molecule has 2 nitrogen and oxygen atoms in total. The molecular weight excluding hydrogens is 152 g/mol. The smallest absolute Gasteiger partial charge is 0.147 e. The van der Waals surface area contributed by atoms with Crippen molar-refractivity contribution in [1.82, 2.24) is 0 Å². The van der Waals surface area contributed by atoms with E-state index < -0.39 is 0 Å². The molecule has 0 radical (unpaired) electrons. The van der Waals surface area contributed by atoms with Gasteiger partial charge in [0.25, 0.3) is 0 Å². The van der Waals surface area contributed by atoms with Crippen LogP contribution in [-0.4, -0.2) is 19.5 Å². The highest BCUT2D eigenvalue weighted by atomic mass is 16.7. The van der Waals surface area contributed by atoms with E-state index in [2.05, 4.69) is 18.2 Å². The summed E-state index contributed by atoms with van der Waals surface area (Å²) >= 11 is 0. The van der Waals surface area contributed by atoms with E-state index in [0.29, 0.717) is 12.9 Å². The van der Waals surface area contributed by atoms with Gasteiger partial charge in [0, 0.05) is 0 Å². The first-order chi connectivity index (χ1) is 5.95. The van der Waals surface area contributed by atoms with Crippen molar-refractivity contribution in [2.45, 2.75) is 25.4 Å². The van der Waals surface area contributed by atoms with Crippen LogP contribution in [0.15, 0.2) is 23.8 Å². The van der Waals surface area contributed by atoms with Crippen LogP contribution in [0.5, 0.6) is 0 Å². The lowest BCUT2D eigenvalue weighted by molar-refractivity contribution is 0.0468. The molecule has 0 amide bonds. The predicted octanol–water partition coefficient (Wildman–Crippen LogP) is 2.03. The van der Waals surface area contributed by atoms with Crippen molar-refractivity contribution in [1.29, 1.82) is 0 Å². The monoisotopic (exact) mass is 166 g/mol. The minimum Gasteiger partial charge on any atom is -0.353 e. The Morgan fingerprint density at radius 3 is 3.17 bits per heavy atom. The molecule has 0 saturated carbocycles. The van der Waals surface area contributed by atoms with Crippen molar-refractivity contribution < 1.29 is 9.47 Å². The molecule has 1 unspecified atom stereocenters. The minimum absolute atomic E-state index is 0.308. The minimum atomic E-state index is 0.308. The zero-order chi connectivity index (χ0) is 8.23. The molecule has 0 spiro atoms. The molecule has 0 aromatic rings. The Hall–Kier alpha value is -0.600. The summed E-state index contributed by atoms with van der Waals surface area (Å²) in [6.45, 7) is 1.24. The van der Waals surface area contributed by atoms with Crippen LogP contribution >= 0.6 is 0 Å². The highest BCUT2D eigenvalue weighted by molar-refractivity contribution is 5.18. The number of rotatable bonds is 2. The van der Waals surface area contributed by atoms with Crippen LogP contribution < -0.4 is 0 Å². The topological polar surface area (TPSA) is 18.5 Å². The Kier molecular flexibility index (Phi) is 2.59. The first kappa shape index (κ1) is 8.02. The summed E-state index contributed by atoms with van der Waals surface area (Å²) in [6, 6.07) is 0. The number of hydrogen-bond donors (Lipinski definition) is 0. The van der Waals surface area contributed by atoms with Gasteiger partial charge in [-0.05, 0) is 19.3 Å². The Balaban J connectivity index is 1.84. The molecule has 1 atom stereocenters. The normalized spacial score (nSPS) is 29.0. The molecule has 2 rings (SSSR count). The molecule has 66 valence electrons. The van der Waals surface area contributed by atoms with Gasteiger partial charge >= 0.3 is 0 Å². The third-order valence-electron chi connectivity index (χ3n) is 2.28. The summed E-state index contributed by atoms with van der Waals surface area (Å²) in [7, 11) is 0. The van der Waals surface area contributed by atoms with Gasteiger partial charge in [0.05, 0.1) is 12.7 Å². The largest absolute Gasteiger partial charge is 0.353 e. The molecule has 1 saturated heterocycles. The number of allylic oxidation sites excluding steroid dienone is 3. The van der Waals surface area contributed by atoms with E-state index in [1.165, 1.54) is 18.4 Å². The lowest BCUT2D eigenvalue weighted by Crippen LogP contribution is -2.10. The molecule has 1 aliphatic heterocycles. The van der Waals surface area contributed by atoms with Crippen molar-refractivity contribution in [2.75, 3.05) is 13.4 Å². The Bertz CT molecular complexity index is 200. The van der Waals surface area contributed by atoms with Crippen LogP contribution in [0.4, 0.5) is 0 Å². The second kappa shape index (κ2) is 3.87. The van der Waals surface area contributed by atoms with Crippen LogP contribution in [0.2, 0.25) is 0 Å². The standard InChI is InChI=1S/C10H14O2/c1-2-4-9(5-3-1)6-10-7-11-8-12-10/h1-2,4,10H,3,5-8H2. The maximum atomic E-state index is 5.37. The highest BCUT2D eigenvalue weighted by Gasteiger charge is 2.17. The molecule has 0 aromatic heterocycles. The third kappa shape index (κ3) is 1.96. The lowest BCUT2D eigenvalue weighted by Gasteiger charge is -2.12. The summed E-state index contributed by atoms with van der Waals surface area (Å²) in [4.78, 5) is 0. The van der Waals surface area contributed by atoms with Crippen LogP contribution in [0.3, 0.4) is 0 Å². The first-order valence-electron chi connectivity index (χ1n) is 4.49. The van der Waals surface area contributed by atoms with Gasteiger partial charge in [0.15, 0.2) is 0 Å². The van der Waals surface area contributed by atoms with Gasteiger partial charge in [-0.15, -0.1) is 0 Å². The van der Waals surface area contributed by atoms with Gasteiger partial charge in [-0.25, -0.2) is 0 Å². The van der Waals surface area contributed by atoms with Gasteiger partial charge in [0.2, 0.25) is 0 Å². The molecule has 1 heterocycles. The van der Waals surface area contributed by atoms with Crippen molar-refractivity contribution in [2.24, 2.45) is 0 Å². The molecule has 1 aliphatic carbocycles. The molecule has 0 N–H and O–H groups in total. The van der Waals surface area contributed by atoms with Gasteiger partial charge in [-0.2, -0.15) is 0 Å². The summed E-state index contributed by atoms with van der Waals surface area (Å²) < 4.78 is 10.5. The highest BCUT2D eigenvalue weighted by Crippen LogP contribution is 2.20. The first-order valence-corrected chi connectivity index (χ1v) is 4.49. The maximum Gasteiger partial charge on any atom is 0.147 e. The zero-order valence-electron chi connectivity index (χ0n) is 7.16. The fraction of sp³-hybridized carbons (Fsp3) is 0.600. The maximum absolute atomic E-state index is 5.37. The van der Waals surface area contributed by atoms with Gasteiger partial charge in [-0.1, -0.05) is 23.8 Å². The van der Waals surface area contributed by atoms with Gasteiger partial charge in [-0.3, -0.25) is 0 Å². The molecule has 2 heteroatoms. The molecule has 12 heavy (non-hydrogen) atoms. The third-order valence-corrected chi connectivity index (χ3v) is 2.28. The zero-order valence-corrected chi connectivity index (χ0v) is 7.16. The Labute approximate surface area is 72.9 Å². The number of hydrogen-bond acceptors (Lipinski definition) is 2. The van der Waals surface area contributed by atoms with Crippen LogP contribution in [0.25, 0.3) is 0 Å². The van der Waals surface area contributed by atoms with E-state index in [1.54, 1.807) is 0 Å². The second-order valence-electron chi connectivity index (χ2n) is 3.27. The van der Waals surface area contributed by atoms with Crippen molar-refractivity contribution in [3.05, 3.63) is 23.8 Å². The van der Waals surface area contributed by atoms with Crippen LogP contribution in [0, 0.1) is 0 Å². The van der Waals surface area contributed by atoms with Gasteiger partial charge < -0.3 is 9.47 Å². The molecule has 1 fully saturated rings. The Morgan fingerprint density at radius 1 is 1.50 bits per heavy atom. The van der Waals surface area contributed by atoms with E-state index >= 15 is 0 Å². The summed E-state index contributed by atoms with van der Waals surface area (Å²) in [5, 5.41) is 0. The van der Waals surface area contributed by atoms with Crippen LogP contribution in [0.1, 0.15) is 19.3 Å². The van der Waals surface area contributed by atoms with Crippen molar-refractivity contribution in [3.8, 4) is 0 Å². The van der Waals surface area contributed by atoms with E-state index in [4.69, 9.17) is 9.47 Å². The van der Waals surface area contributed by atoms with Crippen LogP contribution in [-0.2, 0) is 9.47 Å². The average Bonchev–Trinajstić information content (AvgIpc) is 2.59. The van der Waals surface area contributed by atoms with E-state index in [0.717, 1.165) is 13.0 Å². The van der Waals surface area contributed by atoms with Crippen molar-refractivity contribution >= 4 is 0 Å². The fourth-order valence-electron chi connectivity index (χ4n) is 1.60. The van der Waals surface area contributed by atoms with Crippen molar-refractivity contribution in [3.63, 3.8) is 0 Å². The SMILES string of the molecule is C1=CCCC(CC2COCO2)=C1. The molecular formula is C10H14O2. The molecule has 0 aromatic carbocycles. The summed E-state index contributed by atoms with van der Waals surface area (Å²) in [6.07, 6.45) is 10.3. The Morgan fingerprint density at radius 2 is 2.50 bits per heavy atom. The summed E-state index contributed by atoms with van der Waals surface area (Å²) in [5.41, 5.74) is 1.49. The molecule has 2 aliphatic rings. The quantitative estimate of drug-likeness (QED) is 0.625. The average molecular weight is 166 g/mol.